The first kappa shape index (κ1) is 27.9. The van der Waals surface area contributed by atoms with E-state index in [9.17, 15) is 9.59 Å². The van der Waals surface area contributed by atoms with E-state index < -0.39 is 12.1 Å². The third-order valence-electron chi connectivity index (χ3n) is 6.36. The van der Waals surface area contributed by atoms with Gasteiger partial charge in [-0.25, -0.2) is 9.80 Å². The molecular formula is C29H31ClN4O5. The normalized spacial score (nSPS) is 14.5. The van der Waals surface area contributed by atoms with E-state index in [2.05, 4.69) is 5.32 Å². The van der Waals surface area contributed by atoms with Gasteiger partial charge in [0.2, 0.25) is 0 Å². The number of nitrogens with zero attached hydrogens (tertiary/aromatic N) is 3. The molecular weight excluding hydrogens is 520 g/mol. The lowest BCUT2D eigenvalue weighted by Gasteiger charge is -2.27. The Bertz CT molecular complexity index is 1350. The van der Waals surface area contributed by atoms with Crippen LogP contribution in [-0.4, -0.2) is 68.6 Å². The molecule has 204 valence electrons. The molecule has 3 aromatic carbocycles. The number of anilines is 1. The summed E-state index contributed by atoms with van der Waals surface area (Å²) in [4.78, 5) is 28.4. The number of ether oxygens (including phenoxy) is 3. The van der Waals surface area contributed by atoms with Gasteiger partial charge in [-0.15, -0.1) is 0 Å². The standard InChI is InChI=1S/C29H31ClN4O5/c1-37-16-15-33(29(36)31-24-13-6-7-14-27(24)39-3)19-28(35)34-26(22-11-4-5-12-23(22)30)18-25(32-34)20-9-8-10-21(17-20)38-2/h4-14,17,26H,15-16,18-19H2,1-3H3,(H,31,36)/t26-/m1/s1. The van der Waals surface area contributed by atoms with E-state index in [1.54, 1.807) is 37.4 Å². The number of hydrogen-bond donors (Lipinski definition) is 1. The maximum absolute atomic E-state index is 13.8. The third-order valence-corrected chi connectivity index (χ3v) is 6.70. The summed E-state index contributed by atoms with van der Waals surface area (Å²) in [5.41, 5.74) is 2.82. The van der Waals surface area contributed by atoms with Crippen molar-refractivity contribution in [2.45, 2.75) is 12.5 Å². The van der Waals surface area contributed by atoms with Crippen molar-refractivity contribution in [2.24, 2.45) is 5.10 Å². The van der Waals surface area contributed by atoms with Gasteiger partial charge in [0.15, 0.2) is 0 Å². The first-order valence-electron chi connectivity index (χ1n) is 12.4. The minimum absolute atomic E-state index is 0.195. The molecule has 39 heavy (non-hydrogen) atoms. The van der Waals surface area contributed by atoms with Gasteiger partial charge in [-0.3, -0.25) is 4.79 Å². The van der Waals surface area contributed by atoms with Gasteiger partial charge in [0.25, 0.3) is 5.91 Å². The number of methoxy groups -OCH3 is 3. The SMILES string of the molecule is COCCN(CC(=O)N1N=C(c2cccc(OC)c2)C[C@@H]1c1ccccc1Cl)C(=O)Nc1ccccc1OC. The summed E-state index contributed by atoms with van der Waals surface area (Å²) >= 11 is 6.55. The maximum atomic E-state index is 13.8. The van der Waals surface area contributed by atoms with E-state index in [0.29, 0.717) is 34.3 Å². The van der Waals surface area contributed by atoms with Crippen molar-refractivity contribution in [3.8, 4) is 11.5 Å². The first-order chi connectivity index (χ1) is 18.9. The molecule has 0 aliphatic carbocycles. The van der Waals surface area contributed by atoms with E-state index in [4.69, 9.17) is 30.9 Å². The lowest BCUT2D eigenvalue weighted by Crippen LogP contribution is -2.44. The fraction of sp³-hybridized carbons (Fsp3) is 0.276. The zero-order valence-corrected chi connectivity index (χ0v) is 22.9. The number of amides is 3. The van der Waals surface area contributed by atoms with Crippen molar-refractivity contribution in [2.75, 3.05) is 46.3 Å². The number of nitrogens with one attached hydrogen (secondary N) is 1. The Labute approximate surface area is 232 Å². The van der Waals surface area contributed by atoms with E-state index in [1.807, 2.05) is 42.5 Å². The molecule has 1 aliphatic heterocycles. The van der Waals surface area contributed by atoms with Gasteiger partial charge in [-0.05, 0) is 35.9 Å². The van der Waals surface area contributed by atoms with Crippen LogP contribution in [0.2, 0.25) is 5.02 Å². The van der Waals surface area contributed by atoms with Crippen LogP contribution in [0, 0.1) is 0 Å². The van der Waals surface area contributed by atoms with Gasteiger partial charge in [0, 0.05) is 30.7 Å². The lowest BCUT2D eigenvalue weighted by molar-refractivity contribution is -0.133. The quantitative estimate of drug-likeness (QED) is 0.374. The number of hydrazone groups is 1. The Kier molecular flexibility index (Phi) is 9.40. The fourth-order valence-corrected chi connectivity index (χ4v) is 4.60. The average molecular weight is 551 g/mol. The highest BCUT2D eigenvalue weighted by atomic mass is 35.5. The second-order valence-electron chi connectivity index (χ2n) is 8.80. The number of hydrogen-bond acceptors (Lipinski definition) is 6. The molecule has 0 spiro atoms. The van der Waals surface area contributed by atoms with Gasteiger partial charge in [0.1, 0.15) is 18.0 Å². The molecule has 0 bridgehead atoms. The summed E-state index contributed by atoms with van der Waals surface area (Å²) in [5.74, 6) is 0.840. The molecule has 9 nitrogen and oxygen atoms in total. The van der Waals surface area contributed by atoms with Gasteiger partial charge in [-0.2, -0.15) is 5.10 Å². The van der Waals surface area contributed by atoms with Gasteiger partial charge >= 0.3 is 6.03 Å². The second-order valence-corrected chi connectivity index (χ2v) is 9.21. The fourth-order valence-electron chi connectivity index (χ4n) is 4.34. The molecule has 1 N–H and O–H groups in total. The van der Waals surface area contributed by atoms with Crippen molar-refractivity contribution < 1.29 is 23.8 Å². The van der Waals surface area contributed by atoms with Crippen molar-refractivity contribution >= 4 is 34.9 Å². The molecule has 0 radical (unpaired) electrons. The molecule has 0 saturated heterocycles. The zero-order chi connectivity index (χ0) is 27.8. The highest BCUT2D eigenvalue weighted by Gasteiger charge is 2.35. The summed E-state index contributed by atoms with van der Waals surface area (Å²) in [5, 5.41) is 9.50. The second kappa shape index (κ2) is 13.1. The van der Waals surface area contributed by atoms with Crippen LogP contribution in [0.1, 0.15) is 23.6 Å². The van der Waals surface area contributed by atoms with Crippen LogP contribution < -0.4 is 14.8 Å². The van der Waals surface area contributed by atoms with Crippen LogP contribution in [0.4, 0.5) is 10.5 Å². The topological polar surface area (TPSA) is 92.7 Å². The van der Waals surface area contributed by atoms with Gasteiger partial charge < -0.3 is 24.4 Å². The minimum Gasteiger partial charge on any atom is -0.497 e. The number of carbonyl (C=O) groups is 2. The summed E-state index contributed by atoms with van der Waals surface area (Å²) in [6.07, 6.45) is 0.453. The van der Waals surface area contributed by atoms with E-state index >= 15 is 0 Å². The summed E-state index contributed by atoms with van der Waals surface area (Å²) < 4.78 is 15.9. The number of halogens is 1. The van der Waals surface area contributed by atoms with Gasteiger partial charge in [0.05, 0.1) is 38.3 Å². The Balaban J connectivity index is 1.61. The molecule has 10 heteroatoms. The van der Waals surface area contributed by atoms with Crippen LogP contribution in [-0.2, 0) is 9.53 Å². The predicted octanol–water partition coefficient (Wildman–Crippen LogP) is 5.22. The number of rotatable bonds is 10. The largest absolute Gasteiger partial charge is 0.497 e. The van der Waals surface area contributed by atoms with Crippen molar-refractivity contribution in [3.05, 3.63) is 88.9 Å². The summed E-state index contributed by atoms with van der Waals surface area (Å²) in [7, 11) is 4.66. The van der Waals surface area contributed by atoms with E-state index in [-0.39, 0.29) is 25.6 Å². The minimum atomic E-state index is -0.463. The highest BCUT2D eigenvalue weighted by molar-refractivity contribution is 6.31. The zero-order valence-electron chi connectivity index (χ0n) is 22.1. The van der Waals surface area contributed by atoms with Crippen LogP contribution in [0.3, 0.4) is 0 Å². The molecule has 1 atom stereocenters. The van der Waals surface area contributed by atoms with Gasteiger partial charge in [-0.1, -0.05) is 54.1 Å². The Hall–Kier alpha value is -4.08. The number of urea groups is 1. The van der Waals surface area contributed by atoms with Crippen LogP contribution >= 0.6 is 11.6 Å². The number of benzene rings is 3. The Morgan fingerprint density at radius 2 is 1.79 bits per heavy atom. The number of carbonyl (C=O) groups excluding carboxylic acids is 2. The van der Waals surface area contributed by atoms with E-state index in [1.165, 1.54) is 24.1 Å². The molecule has 0 unspecified atom stereocenters. The van der Waals surface area contributed by atoms with Crippen molar-refractivity contribution in [3.63, 3.8) is 0 Å². The highest BCUT2D eigenvalue weighted by Crippen LogP contribution is 2.36. The maximum Gasteiger partial charge on any atom is 0.322 e. The van der Waals surface area contributed by atoms with Crippen LogP contribution in [0.25, 0.3) is 0 Å². The smallest absolute Gasteiger partial charge is 0.322 e. The monoisotopic (exact) mass is 550 g/mol. The molecule has 3 aromatic rings. The molecule has 4 rings (SSSR count). The third kappa shape index (κ3) is 6.68. The van der Waals surface area contributed by atoms with Crippen LogP contribution in [0.5, 0.6) is 11.5 Å². The predicted molar refractivity (Wildman–Crippen MR) is 151 cm³/mol. The molecule has 0 fully saturated rings. The molecule has 1 heterocycles. The molecule has 3 amide bonds. The summed E-state index contributed by atoms with van der Waals surface area (Å²) in [6.45, 7) is 0.222. The van der Waals surface area contributed by atoms with E-state index in [0.717, 1.165) is 11.1 Å². The Morgan fingerprint density at radius 1 is 1.03 bits per heavy atom. The first-order valence-corrected chi connectivity index (χ1v) is 12.8. The van der Waals surface area contributed by atoms with Crippen molar-refractivity contribution in [1.82, 2.24) is 9.91 Å². The average Bonchev–Trinajstić information content (AvgIpc) is 3.41. The van der Waals surface area contributed by atoms with Crippen molar-refractivity contribution in [1.29, 1.82) is 0 Å². The summed E-state index contributed by atoms with van der Waals surface area (Å²) in [6, 6.07) is 21.1. The van der Waals surface area contributed by atoms with Crippen LogP contribution in [0.15, 0.2) is 77.9 Å². The number of para-hydroxylation sites is 2. The molecule has 0 saturated carbocycles. The molecule has 0 aromatic heterocycles. The molecule has 1 aliphatic rings. The Morgan fingerprint density at radius 3 is 2.54 bits per heavy atom. The lowest BCUT2D eigenvalue weighted by atomic mass is 9.98.